The third-order valence-corrected chi connectivity index (χ3v) is 23.6. The smallest absolute Gasteiger partial charge is 0.305 e. The number of nitrogens with two attached hydrogens (primary N) is 1. The molecule has 1 aromatic heterocycles. The number of carbonyl (C=O) groups is 16. The first-order chi connectivity index (χ1) is 62.9. The van der Waals surface area contributed by atoms with Crippen LogP contribution in [0, 0.1) is 11.8 Å². The van der Waals surface area contributed by atoms with Crippen molar-refractivity contribution in [1.29, 1.82) is 0 Å². The molecule has 1 fully saturated rings. The molecule has 2 heterocycles. The Labute approximate surface area is 771 Å². The number of aliphatic carboxylic acids is 1. The van der Waals surface area contributed by atoms with Gasteiger partial charge in [0, 0.05) is 96.6 Å². The second-order valence-corrected chi connectivity index (χ2v) is 34.6. The van der Waals surface area contributed by atoms with E-state index in [1.165, 1.54) is 83.5 Å². The number of nitrogens with zero attached hydrogens (tertiary/aromatic N) is 5. The molecule has 708 valence electrons. The molecule has 1 saturated heterocycles. The average molecular weight is 1840 g/mol. The summed E-state index contributed by atoms with van der Waals surface area (Å²) in [4.78, 5) is 244. The number of fused-ring (bicyclic) bond motifs is 1. The largest absolute Gasteiger partial charge is 0.508 e. The quantitative estimate of drug-likeness (QED) is 0.0391. The lowest BCUT2D eigenvalue weighted by Crippen LogP contribution is -2.61. The van der Waals surface area contributed by atoms with Crippen LogP contribution in [0.4, 0.5) is 0 Å². The van der Waals surface area contributed by atoms with E-state index in [-0.39, 0.29) is 74.5 Å². The predicted octanol–water partition coefficient (Wildman–Crippen LogP) is 2.64. The van der Waals surface area contributed by atoms with Crippen molar-refractivity contribution >= 4 is 117 Å². The Morgan fingerprint density at radius 3 is 1.54 bits per heavy atom. The molecule has 14 N–H and O–H groups in total. The third-order valence-electron chi connectivity index (χ3n) is 22.6. The normalized spacial score (nSPS) is 21.6. The number of likely N-dealkylation sites (N-methyl/N-ethyl adjacent to an activating group) is 5. The van der Waals surface area contributed by atoms with Gasteiger partial charge in [0.05, 0.1) is 46.0 Å². The van der Waals surface area contributed by atoms with Gasteiger partial charge in [-0.3, -0.25) is 76.7 Å². The molecule has 6 aromatic carbocycles. The van der Waals surface area contributed by atoms with Crippen molar-refractivity contribution in [3.05, 3.63) is 197 Å². The molecule has 0 aliphatic carbocycles. The van der Waals surface area contributed by atoms with Gasteiger partial charge in [-0.15, -0.1) is 11.8 Å². The first-order valence-electron chi connectivity index (χ1n) is 43.6. The van der Waals surface area contributed by atoms with Crippen molar-refractivity contribution in [2.45, 2.75) is 172 Å². The molecule has 0 radical (unpaired) electrons. The van der Waals surface area contributed by atoms with Gasteiger partial charge in [0.15, 0.2) is 11.5 Å². The van der Waals surface area contributed by atoms with Gasteiger partial charge in [0.1, 0.15) is 72.2 Å². The number of rotatable bonds is 25. The van der Waals surface area contributed by atoms with E-state index in [2.05, 4.69) is 52.8 Å². The molecule has 0 bridgehead atoms. The number of unbranched alkanes of at least 4 members (excludes halogenated alkanes) is 1. The van der Waals surface area contributed by atoms with Crippen LogP contribution in [0.1, 0.15) is 100 Å². The number of nitrogens with one attached hydrogen (secondary N) is 10. The standard InChI is InChI=1S/C95H122N16O20S/c1-13-14-34-74-93(127)108(7)53-81(115)100-70(49-83(117)118)89(123)106-84(57(4)5)95(129)110(9)75(45-59-28-20-16-21-29-59)90(124)104-71(44-62-37-40-77(130-11)78(47-62)131-12)91(125)107(6)52-80(114)99-69(48-63-50-97-66-33-25-24-32-65(63)66)88(122)103-68(42-61-35-38-64(112)39-36-61)87(121)102-67(41-56(2)3)86(120)105-73(85(119)98-51-79(96)113)54-132-55-82(116)101-72(43-58-26-18-15-19-27-58)92(126)111(10)76(94(128)109(74)8)46-60-30-22-17-23-31-60/h15-33,35-40,47,50,56-57,67-76,84,97,112H,13-14,34,41-46,48-49,51-55H2,1-12H3,(H2,96,113)(H,98,119)(H,99,114)(H,100,115)(H,101,116)(H,102,121)(H,103,122)(H,104,124)(H,105,120)(H,106,123)(H,117,118)/t67-,68-,69-,70-,71-,72-,73-,74-,75-,76-,84-/m0/s1. The number of ether oxygens (including phenoxy) is 2. The number of carboxylic acids is 1. The topological polar surface area (TPSA) is 498 Å². The molecule has 8 rings (SSSR count). The lowest BCUT2D eigenvalue weighted by Gasteiger charge is -2.37. The summed E-state index contributed by atoms with van der Waals surface area (Å²) < 4.78 is 11.1. The van der Waals surface area contributed by atoms with Crippen LogP contribution in [-0.2, 0) is 115 Å². The number of H-pyrrole nitrogens is 1. The number of aromatic amines is 1. The van der Waals surface area contributed by atoms with Crippen molar-refractivity contribution in [2.75, 3.05) is 80.6 Å². The van der Waals surface area contributed by atoms with E-state index >= 15 is 43.2 Å². The van der Waals surface area contributed by atoms with Gasteiger partial charge in [0.2, 0.25) is 88.6 Å². The molecule has 132 heavy (non-hydrogen) atoms. The minimum Gasteiger partial charge on any atom is -0.508 e. The molecule has 1 aliphatic heterocycles. The molecule has 7 aromatic rings. The molecule has 0 saturated carbocycles. The SMILES string of the molecule is CCCC[C@H]1C(=O)N(C)CC(=O)N[C@@H](CC(=O)O)C(=O)N[C@@H](C(C)C)C(=O)N(C)[C@@H](Cc2ccccc2)C(=O)N[C@@H](Cc2ccc(OC)c(OC)c2)C(=O)N(C)CC(=O)N[C@@H](Cc2c[nH]c3ccccc23)C(=O)N[C@@H](Cc2ccc(O)cc2)C(=O)N[C@@H](CC(C)C)C(=O)N[C@H](C(=O)NCC(N)=O)CSCC(=O)N[C@@H](Cc2ccccc2)C(=O)N(C)[C@@H](Cc2ccccc2)C(=O)N1C. The van der Waals surface area contributed by atoms with Crippen LogP contribution in [0.15, 0.2) is 164 Å². The Bertz CT molecular complexity index is 5180. The minimum atomic E-state index is -1.91. The predicted molar refractivity (Wildman–Crippen MR) is 493 cm³/mol. The van der Waals surface area contributed by atoms with E-state index < -0.39 is 199 Å². The number of carbonyl (C=O) groups excluding carboxylic acids is 15. The number of primary amides is 1. The Morgan fingerprint density at radius 2 is 0.962 bits per heavy atom. The highest BCUT2D eigenvalue weighted by molar-refractivity contribution is 8.00. The Morgan fingerprint density at radius 1 is 0.485 bits per heavy atom. The monoisotopic (exact) mass is 1840 g/mol. The highest BCUT2D eigenvalue weighted by atomic mass is 32.2. The maximum absolute atomic E-state index is 15.6. The highest BCUT2D eigenvalue weighted by Crippen LogP contribution is 2.30. The maximum atomic E-state index is 15.6. The number of aromatic nitrogens is 1. The lowest BCUT2D eigenvalue weighted by molar-refractivity contribution is -0.151. The van der Waals surface area contributed by atoms with Crippen molar-refractivity contribution in [3.8, 4) is 17.2 Å². The van der Waals surface area contributed by atoms with Gasteiger partial charge in [0.25, 0.3) is 0 Å². The zero-order valence-corrected chi connectivity index (χ0v) is 77.2. The van der Waals surface area contributed by atoms with Gasteiger partial charge >= 0.3 is 5.97 Å². The van der Waals surface area contributed by atoms with E-state index in [1.54, 1.807) is 167 Å². The molecule has 36 nitrogen and oxygen atoms in total. The first-order valence-corrected chi connectivity index (χ1v) is 44.7. The number of para-hydroxylation sites is 1. The average Bonchev–Trinajstić information content (AvgIpc) is 1.78. The van der Waals surface area contributed by atoms with Crippen LogP contribution in [0.2, 0.25) is 0 Å². The van der Waals surface area contributed by atoms with Gasteiger partial charge in [-0.1, -0.05) is 175 Å². The van der Waals surface area contributed by atoms with Crippen LogP contribution >= 0.6 is 11.8 Å². The Kier molecular flexibility index (Phi) is 39.5. The number of aromatic hydroxyl groups is 1. The maximum Gasteiger partial charge on any atom is 0.305 e. The van der Waals surface area contributed by atoms with E-state index in [1.807, 2.05) is 6.92 Å². The number of thioether (sulfide) groups is 1. The summed E-state index contributed by atoms with van der Waals surface area (Å²) in [7, 11) is 9.37. The number of carboxylic acid groups (broad SMARTS) is 1. The fraction of sp³-hybridized carbons (Fsp3) is 0.432. The minimum absolute atomic E-state index is 0.0294. The molecule has 37 heteroatoms. The van der Waals surface area contributed by atoms with Crippen LogP contribution in [0.3, 0.4) is 0 Å². The van der Waals surface area contributed by atoms with Crippen LogP contribution in [0.5, 0.6) is 17.2 Å². The molecular formula is C95H122N16O20S. The zero-order valence-electron chi connectivity index (χ0n) is 76.4. The van der Waals surface area contributed by atoms with Crippen LogP contribution in [0.25, 0.3) is 10.9 Å². The van der Waals surface area contributed by atoms with Crippen molar-refractivity contribution in [2.24, 2.45) is 17.6 Å². The number of hydrogen-bond acceptors (Lipinski definition) is 20. The van der Waals surface area contributed by atoms with E-state index in [0.717, 1.165) is 26.5 Å². The van der Waals surface area contributed by atoms with Crippen molar-refractivity contribution in [1.82, 2.24) is 77.3 Å². The van der Waals surface area contributed by atoms with E-state index in [9.17, 15) is 43.8 Å². The molecule has 11 atom stereocenters. The second kappa shape index (κ2) is 50.3. The van der Waals surface area contributed by atoms with Crippen LogP contribution < -0.4 is 63.1 Å². The third kappa shape index (κ3) is 30.6. The summed E-state index contributed by atoms with van der Waals surface area (Å²) in [5, 5.41) is 45.4. The number of amides is 15. The number of phenols is 1. The van der Waals surface area contributed by atoms with Gasteiger partial charge < -0.3 is 103 Å². The van der Waals surface area contributed by atoms with Crippen molar-refractivity contribution in [3.63, 3.8) is 0 Å². The highest BCUT2D eigenvalue weighted by Gasteiger charge is 2.42. The fourth-order valence-corrected chi connectivity index (χ4v) is 16.2. The molecule has 0 spiro atoms. The summed E-state index contributed by atoms with van der Waals surface area (Å²) in [6.07, 6.45) is 0.0746. The zero-order chi connectivity index (χ0) is 96.6. The summed E-state index contributed by atoms with van der Waals surface area (Å²) in [6, 6.07) is 26.3. The first kappa shape index (κ1) is 104. The van der Waals surface area contributed by atoms with E-state index in [0.29, 0.717) is 62.9 Å². The summed E-state index contributed by atoms with van der Waals surface area (Å²) in [5.74, 6) is -16.8. The second-order valence-electron chi connectivity index (χ2n) is 33.6. The Hall–Kier alpha value is -13.9. The lowest BCUT2D eigenvalue weighted by atomic mass is 9.98. The number of hydrogen-bond donors (Lipinski definition) is 13. The molecule has 15 amide bonds. The summed E-state index contributed by atoms with van der Waals surface area (Å²) in [6.45, 7) is 6.19. The molecule has 1 aliphatic rings. The van der Waals surface area contributed by atoms with Crippen molar-refractivity contribution < 1.29 is 96.4 Å². The number of methoxy groups -OCH3 is 2. The molecular weight excluding hydrogens is 1720 g/mol. The number of phenolic OH excluding ortho intramolecular Hbond substituents is 1. The van der Waals surface area contributed by atoms with Gasteiger partial charge in [-0.2, -0.15) is 0 Å². The summed E-state index contributed by atoms with van der Waals surface area (Å²) >= 11 is 0.830. The fourth-order valence-electron chi connectivity index (χ4n) is 15.3. The van der Waals surface area contributed by atoms with Crippen LogP contribution in [-0.4, -0.2) is 281 Å². The Balaban J connectivity index is 1.23. The number of benzene rings is 6. The summed E-state index contributed by atoms with van der Waals surface area (Å²) in [5.41, 5.74) is 9.13. The van der Waals surface area contributed by atoms with Gasteiger partial charge in [-0.25, -0.2) is 0 Å². The molecule has 0 unspecified atom stereocenters. The van der Waals surface area contributed by atoms with E-state index in [4.69, 9.17) is 15.2 Å². The van der Waals surface area contributed by atoms with Gasteiger partial charge in [-0.05, 0) is 88.4 Å².